The number of benzene rings is 1. The second-order valence-electron chi connectivity index (χ2n) is 4.40. The molecule has 0 aliphatic rings. The zero-order chi connectivity index (χ0) is 14.6. The summed E-state index contributed by atoms with van der Waals surface area (Å²) in [7, 11) is 1.37. The number of halogens is 2. The molecule has 0 saturated heterocycles. The Morgan fingerprint density at radius 2 is 2.05 bits per heavy atom. The summed E-state index contributed by atoms with van der Waals surface area (Å²) in [6.07, 6.45) is 0.753. The first-order valence-electron chi connectivity index (χ1n) is 5.63. The third-order valence-corrected chi connectivity index (χ3v) is 4.67. The lowest BCUT2D eigenvalue weighted by atomic mass is 10.1. The third kappa shape index (κ3) is 5.12. The first kappa shape index (κ1) is 16.5. The van der Waals surface area contributed by atoms with Crippen LogP contribution in [0.15, 0.2) is 27.6 Å². The van der Waals surface area contributed by atoms with E-state index >= 15 is 0 Å². The molecule has 4 nitrogen and oxygen atoms in total. The predicted molar refractivity (Wildman–Crippen MR) is 76.9 cm³/mol. The highest BCUT2D eigenvalue weighted by Crippen LogP contribution is 2.26. The van der Waals surface area contributed by atoms with Gasteiger partial charge < -0.3 is 4.74 Å². The van der Waals surface area contributed by atoms with Crippen molar-refractivity contribution in [3.05, 3.63) is 28.2 Å². The highest BCUT2D eigenvalue weighted by molar-refractivity contribution is 9.10. The van der Waals surface area contributed by atoms with E-state index in [1.165, 1.54) is 18.2 Å². The van der Waals surface area contributed by atoms with Crippen molar-refractivity contribution < 1.29 is 17.9 Å². The fraction of sp³-hybridized carbons (Fsp3) is 0.417. The maximum Gasteiger partial charge on any atom is 0.338 e. The van der Waals surface area contributed by atoms with Crippen molar-refractivity contribution >= 4 is 41.6 Å². The number of carbonyl (C=O) groups is 1. The predicted octanol–water partition coefficient (Wildman–Crippen LogP) is 3.58. The van der Waals surface area contributed by atoms with Gasteiger partial charge in [-0.3, -0.25) is 0 Å². The van der Waals surface area contributed by atoms with Crippen molar-refractivity contribution in [1.82, 2.24) is 0 Å². The minimum Gasteiger partial charge on any atom is -0.462 e. The lowest BCUT2D eigenvalue weighted by Crippen LogP contribution is -2.09. The molecule has 19 heavy (non-hydrogen) atoms. The second-order valence-corrected chi connectivity index (χ2v) is 7.79. The Morgan fingerprint density at radius 1 is 1.42 bits per heavy atom. The Hall–Kier alpha value is -0.590. The van der Waals surface area contributed by atoms with Gasteiger partial charge in [0, 0.05) is 15.2 Å². The molecule has 7 heteroatoms. The molecular formula is C12H14BrClO4S. The van der Waals surface area contributed by atoms with Crippen LogP contribution < -0.4 is 0 Å². The van der Waals surface area contributed by atoms with Crippen molar-refractivity contribution in [2.45, 2.75) is 25.2 Å². The molecule has 0 unspecified atom stereocenters. The van der Waals surface area contributed by atoms with Gasteiger partial charge in [0.15, 0.2) is 0 Å². The maximum atomic E-state index is 11.7. The van der Waals surface area contributed by atoms with Crippen LogP contribution in [0.5, 0.6) is 0 Å². The van der Waals surface area contributed by atoms with Crippen molar-refractivity contribution in [1.29, 1.82) is 0 Å². The van der Waals surface area contributed by atoms with Gasteiger partial charge in [0.05, 0.1) is 17.1 Å². The summed E-state index contributed by atoms with van der Waals surface area (Å²) in [5.74, 6) is -0.133. The highest BCUT2D eigenvalue weighted by Gasteiger charge is 2.18. The Balaban J connectivity index is 2.88. The minimum absolute atomic E-state index is 0.146. The molecule has 0 heterocycles. The minimum atomic E-state index is -3.91. The molecule has 106 valence electrons. The molecule has 0 fully saturated rings. The standard InChI is InChI=1S/C12H14BrClO4S/c1-8(2)5-6-18-12(15)9-3-4-10(13)11(7-9)19(14,16)17/h3-4,7-8H,5-6H2,1-2H3. The molecule has 0 N–H and O–H groups in total. The van der Waals surface area contributed by atoms with Crippen LogP contribution in [0.3, 0.4) is 0 Å². The summed E-state index contributed by atoms with van der Waals surface area (Å²) in [4.78, 5) is 11.6. The molecule has 0 bridgehead atoms. The van der Waals surface area contributed by atoms with Gasteiger partial charge >= 0.3 is 5.97 Å². The molecular weight excluding hydrogens is 356 g/mol. The van der Waals surface area contributed by atoms with Crippen molar-refractivity contribution in [2.75, 3.05) is 6.61 Å². The molecule has 0 aliphatic carbocycles. The fourth-order valence-electron chi connectivity index (χ4n) is 1.29. The van der Waals surface area contributed by atoms with Crippen molar-refractivity contribution in [3.8, 4) is 0 Å². The Labute approximate surface area is 125 Å². The van der Waals surface area contributed by atoms with Crippen LogP contribution in [-0.2, 0) is 13.8 Å². The average molecular weight is 370 g/mol. The Bertz CT molecular complexity index is 569. The van der Waals surface area contributed by atoms with Gasteiger partial charge in [0.1, 0.15) is 0 Å². The normalized spacial score (nSPS) is 11.6. The number of hydrogen-bond acceptors (Lipinski definition) is 4. The van der Waals surface area contributed by atoms with Crippen LogP contribution in [-0.4, -0.2) is 21.0 Å². The van der Waals surface area contributed by atoms with Crippen molar-refractivity contribution in [3.63, 3.8) is 0 Å². The van der Waals surface area contributed by atoms with Gasteiger partial charge in [-0.05, 0) is 46.5 Å². The van der Waals surface area contributed by atoms with E-state index in [-0.39, 0.29) is 10.5 Å². The monoisotopic (exact) mass is 368 g/mol. The second kappa shape index (κ2) is 6.72. The number of carbonyl (C=O) groups excluding carboxylic acids is 1. The molecule has 1 aromatic rings. The van der Waals surface area contributed by atoms with Crippen molar-refractivity contribution in [2.24, 2.45) is 5.92 Å². The van der Waals surface area contributed by atoms with Crippen LogP contribution in [0.25, 0.3) is 0 Å². The van der Waals surface area contributed by atoms with Crippen LogP contribution >= 0.6 is 26.6 Å². The SMILES string of the molecule is CC(C)CCOC(=O)c1ccc(Br)c(S(=O)(=O)Cl)c1. The molecule has 0 spiro atoms. The van der Waals surface area contributed by atoms with Gasteiger partial charge in [-0.25, -0.2) is 13.2 Å². The van der Waals surface area contributed by atoms with Crippen LogP contribution in [0, 0.1) is 5.92 Å². The number of rotatable bonds is 5. The molecule has 0 saturated carbocycles. The van der Waals surface area contributed by atoms with E-state index in [2.05, 4.69) is 15.9 Å². The highest BCUT2D eigenvalue weighted by atomic mass is 79.9. The van der Waals surface area contributed by atoms with E-state index in [9.17, 15) is 13.2 Å². The van der Waals surface area contributed by atoms with E-state index in [1.54, 1.807) is 0 Å². The lowest BCUT2D eigenvalue weighted by Gasteiger charge is -2.08. The van der Waals surface area contributed by atoms with E-state index in [1.807, 2.05) is 13.8 Å². The first-order chi connectivity index (χ1) is 8.71. The molecule has 0 aromatic heterocycles. The first-order valence-corrected chi connectivity index (χ1v) is 8.73. The van der Waals surface area contributed by atoms with Crippen LogP contribution in [0.2, 0.25) is 0 Å². The maximum absolute atomic E-state index is 11.7. The molecule has 1 aromatic carbocycles. The summed E-state index contributed by atoms with van der Waals surface area (Å²) < 4.78 is 28.0. The van der Waals surface area contributed by atoms with Gasteiger partial charge in [-0.15, -0.1) is 0 Å². The molecule has 1 rings (SSSR count). The van der Waals surface area contributed by atoms with Gasteiger partial charge in [-0.2, -0.15) is 0 Å². The van der Waals surface area contributed by atoms with Crippen LogP contribution in [0.4, 0.5) is 0 Å². The van der Waals surface area contributed by atoms with Gasteiger partial charge in [0.25, 0.3) is 9.05 Å². The fourth-order valence-corrected chi connectivity index (χ4v) is 3.41. The third-order valence-electron chi connectivity index (χ3n) is 2.36. The summed E-state index contributed by atoms with van der Waals surface area (Å²) in [5, 5.41) is 0. The summed E-state index contributed by atoms with van der Waals surface area (Å²) in [6.45, 7) is 4.34. The molecule has 0 atom stereocenters. The average Bonchev–Trinajstić information content (AvgIpc) is 2.27. The topological polar surface area (TPSA) is 60.4 Å². The largest absolute Gasteiger partial charge is 0.462 e. The zero-order valence-corrected chi connectivity index (χ0v) is 13.7. The quantitative estimate of drug-likeness (QED) is 0.588. The molecule has 0 radical (unpaired) electrons. The smallest absolute Gasteiger partial charge is 0.338 e. The Kier molecular flexibility index (Phi) is 5.82. The summed E-state index contributed by atoms with van der Waals surface area (Å²) in [6, 6.07) is 4.13. The zero-order valence-electron chi connectivity index (χ0n) is 10.5. The number of esters is 1. The number of ether oxygens (including phenoxy) is 1. The van der Waals surface area contributed by atoms with E-state index in [4.69, 9.17) is 15.4 Å². The van der Waals surface area contributed by atoms with Gasteiger partial charge in [-0.1, -0.05) is 13.8 Å². The Morgan fingerprint density at radius 3 is 2.58 bits per heavy atom. The number of hydrogen-bond donors (Lipinski definition) is 0. The molecule has 0 amide bonds. The van der Waals surface area contributed by atoms with E-state index in [0.29, 0.717) is 17.0 Å². The van der Waals surface area contributed by atoms with Crippen LogP contribution in [0.1, 0.15) is 30.6 Å². The molecule has 0 aliphatic heterocycles. The van der Waals surface area contributed by atoms with E-state index < -0.39 is 15.0 Å². The van der Waals surface area contributed by atoms with Gasteiger partial charge in [0.2, 0.25) is 0 Å². The summed E-state index contributed by atoms with van der Waals surface area (Å²) >= 11 is 3.07. The lowest BCUT2D eigenvalue weighted by molar-refractivity contribution is 0.0488. The summed E-state index contributed by atoms with van der Waals surface area (Å²) in [5.41, 5.74) is 0.159. The van der Waals surface area contributed by atoms with E-state index in [0.717, 1.165) is 6.42 Å².